The number of carbonyl (C=O) groups excluding carboxylic acids is 1. The fourth-order valence-electron chi connectivity index (χ4n) is 2.12. The zero-order valence-corrected chi connectivity index (χ0v) is 11.7. The largest absolute Gasteiger partial charge is 0.343 e. The van der Waals surface area contributed by atoms with Gasteiger partial charge in [0.1, 0.15) is 5.82 Å². The Kier molecular flexibility index (Phi) is 5.22. The number of nitrogens with two attached hydrogens (primary N) is 1. The van der Waals surface area contributed by atoms with Gasteiger partial charge in [-0.3, -0.25) is 4.79 Å². The van der Waals surface area contributed by atoms with E-state index in [0.717, 1.165) is 25.9 Å². The Morgan fingerprint density at radius 1 is 1.37 bits per heavy atom. The van der Waals surface area contributed by atoms with E-state index in [1.807, 2.05) is 4.90 Å². The number of amides is 1. The van der Waals surface area contributed by atoms with Gasteiger partial charge in [0.2, 0.25) is 5.91 Å². The first-order valence-corrected chi connectivity index (χ1v) is 7.56. The number of nitrogens with zero attached hydrogens (tertiary/aromatic N) is 1. The lowest BCUT2D eigenvalue weighted by Crippen LogP contribution is -2.42. The summed E-state index contributed by atoms with van der Waals surface area (Å²) in [5.74, 6) is 0.544. The summed E-state index contributed by atoms with van der Waals surface area (Å²) >= 11 is 1.39. The van der Waals surface area contributed by atoms with Gasteiger partial charge in [-0.25, -0.2) is 4.39 Å². The predicted octanol–water partition coefficient (Wildman–Crippen LogP) is 2.26. The van der Waals surface area contributed by atoms with Crippen LogP contribution in [0.4, 0.5) is 4.39 Å². The second-order valence-corrected chi connectivity index (χ2v) is 5.88. The lowest BCUT2D eigenvalue weighted by Gasteiger charge is -2.30. The molecule has 0 bridgehead atoms. The van der Waals surface area contributed by atoms with Crippen LogP contribution in [-0.2, 0) is 4.79 Å². The van der Waals surface area contributed by atoms with Crippen molar-refractivity contribution in [1.82, 2.24) is 4.90 Å². The molecule has 104 valence electrons. The van der Waals surface area contributed by atoms with Crippen molar-refractivity contribution in [2.75, 3.05) is 18.8 Å². The minimum Gasteiger partial charge on any atom is -0.343 e. The maximum Gasteiger partial charge on any atom is 0.223 e. The number of benzene rings is 1. The molecule has 1 aromatic carbocycles. The summed E-state index contributed by atoms with van der Waals surface area (Å²) in [5.41, 5.74) is 5.81. The first-order chi connectivity index (χ1) is 9.16. The van der Waals surface area contributed by atoms with Crippen LogP contribution in [0.1, 0.15) is 19.3 Å². The van der Waals surface area contributed by atoms with Crippen LogP contribution in [0.5, 0.6) is 0 Å². The van der Waals surface area contributed by atoms with Crippen LogP contribution in [0.25, 0.3) is 0 Å². The summed E-state index contributed by atoms with van der Waals surface area (Å²) in [6.45, 7) is 1.51. The Bertz CT molecular complexity index is 433. The van der Waals surface area contributed by atoms with E-state index in [1.54, 1.807) is 18.2 Å². The number of piperidine rings is 1. The molecule has 1 aliphatic heterocycles. The van der Waals surface area contributed by atoms with E-state index in [4.69, 9.17) is 5.73 Å². The summed E-state index contributed by atoms with van der Waals surface area (Å²) < 4.78 is 13.4. The fraction of sp³-hybridized carbons (Fsp3) is 0.500. The van der Waals surface area contributed by atoms with Crippen LogP contribution in [0.2, 0.25) is 0 Å². The smallest absolute Gasteiger partial charge is 0.223 e. The number of hydrogen-bond acceptors (Lipinski definition) is 3. The maximum atomic E-state index is 13.4. The highest BCUT2D eigenvalue weighted by Crippen LogP contribution is 2.22. The molecule has 0 spiro atoms. The Morgan fingerprint density at radius 2 is 2.05 bits per heavy atom. The van der Waals surface area contributed by atoms with E-state index in [2.05, 4.69) is 0 Å². The molecule has 1 fully saturated rings. The monoisotopic (exact) mass is 282 g/mol. The van der Waals surface area contributed by atoms with Crippen LogP contribution in [0.3, 0.4) is 0 Å². The molecule has 19 heavy (non-hydrogen) atoms. The minimum absolute atomic E-state index is 0.149. The first kappa shape index (κ1) is 14.3. The Balaban J connectivity index is 1.74. The van der Waals surface area contributed by atoms with Crippen molar-refractivity contribution in [1.29, 1.82) is 0 Å². The molecular formula is C14H19FN2OS. The van der Waals surface area contributed by atoms with Gasteiger partial charge < -0.3 is 10.6 Å². The number of likely N-dealkylation sites (tertiary alicyclic amines) is 1. The van der Waals surface area contributed by atoms with Gasteiger partial charge in [0, 0.05) is 36.2 Å². The molecule has 2 N–H and O–H groups in total. The van der Waals surface area contributed by atoms with Crippen LogP contribution < -0.4 is 5.73 Å². The van der Waals surface area contributed by atoms with E-state index in [1.165, 1.54) is 17.8 Å². The molecule has 0 aliphatic carbocycles. The van der Waals surface area contributed by atoms with Gasteiger partial charge in [0.25, 0.3) is 0 Å². The molecule has 1 aliphatic rings. The summed E-state index contributed by atoms with van der Waals surface area (Å²) in [4.78, 5) is 14.4. The van der Waals surface area contributed by atoms with Crippen molar-refractivity contribution >= 4 is 17.7 Å². The molecule has 2 rings (SSSR count). The quantitative estimate of drug-likeness (QED) is 0.862. The summed E-state index contributed by atoms with van der Waals surface area (Å²) in [6.07, 6.45) is 2.21. The van der Waals surface area contributed by atoms with Crippen LogP contribution >= 0.6 is 11.8 Å². The average molecular weight is 282 g/mol. The van der Waals surface area contributed by atoms with E-state index in [0.29, 0.717) is 17.1 Å². The van der Waals surface area contributed by atoms with Gasteiger partial charge in [0.15, 0.2) is 0 Å². The van der Waals surface area contributed by atoms with Gasteiger partial charge in [-0.15, -0.1) is 11.8 Å². The van der Waals surface area contributed by atoms with Gasteiger partial charge in [0.05, 0.1) is 0 Å². The van der Waals surface area contributed by atoms with E-state index in [-0.39, 0.29) is 17.8 Å². The zero-order chi connectivity index (χ0) is 13.7. The van der Waals surface area contributed by atoms with Crippen molar-refractivity contribution in [2.24, 2.45) is 5.73 Å². The number of thioether (sulfide) groups is 1. The first-order valence-electron chi connectivity index (χ1n) is 6.57. The third-order valence-electron chi connectivity index (χ3n) is 3.30. The van der Waals surface area contributed by atoms with Crippen LogP contribution in [-0.4, -0.2) is 35.7 Å². The molecule has 5 heteroatoms. The normalized spacial score (nSPS) is 16.6. The van der Waals surface area contributed by atoms with Gasteiger partial charge in [-0.05, 0) is 25.0 Å². The molecule has 0 saturated carbocycles. The number of rotatable bonds is 4. The lowest BCUT2D eigenvalue weighted by molar-refractivity contribution is -0.131. The van der Waals surface area contributed by atoms with Crippen molar-refractivity contribution in [3.8, 4) is 0 Å². The van der Waals surface area contributed by atoms with Gasteiger partial charge >= 0.3 is 0 Å². The molecule has 1 heterocycles. The van der Waals surface area contributed by atoms with Gasteiger partial charge in [-0.1, -0.05) is 12.1 Å². The lowest BCUT2D eigenvalue weighted by atomic mass is 10.1. The molecule has 1 aromatic rings. The van der Waals surface area contributed by atoms with Crippen molar-refractivity contribution in [3.63, 3.8) is 0 Å². The third kappa shape index (κ3) is 4.21. The topological polar surface area (TPSA) is 46.3 Å². The molecule has 0 aromatic heterocycles. The highest BCUT2D eigenvalue weighted by molar-refractivity contribution is 7.99. The summed E-state index contributed by atoms with van der Waals surface area (Å²) in [5, 5.41) is 0. The molecule has 0 unspecified atom stereocenters. The Hall–Kier alpha value is -1.07. The molecule has 0 radical (unpaired) electrons. The fourth-order valence-corrected chi connectivity index (χ4v) is 2.99. The highest BCUT2D eigenvalue weighted by Gasteiger charge is 2.20. The zero-order valence-electron chi connectivity index (χ0n) is 10.8. The highest BCUT2D eigenvalue weighted by atomic mass is 32.2. The number of halogens is 1. The van der Waals surface area contributed by atoms with Crippen LogP contribution in [0.15, 0.2) is 29.2 Å². The van der Waals surface area contributed by atoms with Gasteiger partial charge in [-0.2, -0.15) is 0 Å². The Labute approximate surface area is 117 Å². The molecule has 1 saturated heterocycles. The standard InChI is InChI=1S/C14H19FN2OS/c15-12-3-1-2-4-13(12)19-10-7-14(18)17-8-5-11(16)6-9-17/h1-4,11H,5-10,16H2. The van der Waals surface area contributed by atoms with E-state index in [9.17, 15) is 9.18 Å². The van der Waals surface area contributed by atoms with Crippen molar-refractivity contribution < 1.29 is 9.18 Å². The average Bonchev–Trinajstić information content (AvgIpc) is 2.41. The predicted molar refractivity (Wildman–Crippen MR) is 75.5 cm³/mol. The van der Waals surface area contributed by atoms with Crippen molar-refractivity contribution in [2.45, 2.75) is 30.2 Å². The number of carbonyl (C=O) groups is 1. The second-order valence-electron chi connectivity index (χ2n) is 4.75. The molecule has 3 nitrogen and oxygen atoms in total. The third-order valence-corrected chi connectivity index (χ3v) is 4.35. The van der Waals surface area contributed by atoms with Crippen LogP contribution in [0, 0.1) is 5.82 Å². The minimum atomic E-state index is -0.219. The summed E-state index contributed by atoms with van der Waals surface area (Å²) in [6, 6.07) is 6.89. The SMILES string of the molecule is NC1CCN(C(=O)CCSc2ccccc2F)CC1. The Morgan fingerprint density at radius 3 is 2.74 bits per heavy atom. The number of hydrogen-bond donors (Lipinski definition) is 1. The maximum absolute atomic E-state index is 13.4. The summed E-state index contributed by atoms with van der Waals surface area (Å²) in [7, 11) is 0. The van der Waals surface area contributed by atoms with E-state index < -0.39 is 0 Å². The second kappa shape index (κ2) is 6.91. The van der Waals surface area contributed by atoms with Crippen molar-refractivity contribution in [3.05, 3.63) is 30.1 Å². The molecule has 1 amide bonds. The molecule has 0 atom stereocenters. The van der Waals surface area contributed by atoms with E-state index >= 15 is 0 Å². The molecular weight excluding hydrogens is 263 g/mol.